The lowest BCUT2D eigenvalue weighted by Gasteiger charge is -2.35. The van der Waals surface area contributed by atoms with Crippen LogP contribution in [0.15, 0.2) is 17.0 Å². The third-order valence-electron chi connectivity index (χ3n) is 5.01. The largest absolute Gasteiger partial charge is 0.375 e. The topological polar surface area (TPSA) is 79.5 Å². The zero-order chi connectivity index (χ0) is 18.0. The van der Waals surface area contributed by atoms with Gasteiger partial charge in [-0.3, -0.25) is 9.59 Å². The van der Waals surface area contributed by atoms with E-state index in [4.69, 9.17) is 5.73 Å². The molecule has 2 amide bonds. The second-order valence-electron chi connectivity index (χ2n) is 7.18. The number of amides is 2. The molecule has 3 saturated heterocycles. The Hall–Kier alpha value is -1.89. The number of carbonyl (C=O) groups is 2. The fraction of sp³-hybridized carbons (Fsp3) is 0.611. The van der Waals surface area contributed by atoms with E-state index in [2.05, 4.69) is 11.1 Å². The number of fused-ring (bicyclic) bond motifs is 4. The number of thiazole rings is 1. The van der Waals surface area contributed by atoms with Crippen molar-refractivity contribution in [3.63, 3.8) is 0 Å². The van der Waals surface area contributed by atoms with Crippen molar-refractivity contribution >= 4 is 28.3 Å². The third-order valence-corrected chi connectivity index (χ3v) is 5.73. The predicted molar refractivity (Wildman–Crippen MR) is 99.1 cm³/mol. The van der Waals surface area contributed by atoms with Crippen molar-refractivity contribution in [3.05, 3.63) is 22.7 Å². The first-order valence-corrected chi connectivity index (χ1v) is 9.73. The van der Waals surface area contributed by atoms with Gasteiger partial charge in [0, 0.05) is 37.5 Å². The summed E-state index contributed by atoms with van der Waals surface area (Å²) in [6.07, 6.45) is 5.00. The van der Waals surface area contributed by atoms with E-state index in [1.54, 1.807) is 0 Å². The average Bonchev–Trinajstić information content (AvgIpc) is 2.80. The van der Waals surface area contributed by atoms with Crippen LogP contribution in [0.2, 0.25) is 0 Å². The van der Waals surface area contributed by atoms with Crippen LogP contribution in [0.25, 0.3) is 0 Å². The molecule has 2 bridgehead atoms. The summed E-state index contributed by atoms with van der Waals surface area (Å²) in [7, 11) is 0. The van der Waals surface area contributed by atoms with Gasteiger partial charge < -0.3 is 15.5 Å². The highest BCUT2D eigenvalue weighted by Crippen LogP contribution is 2.29. The maximum Gasteiger partial charge on any atom is 0.228 e. The highest BCUT2D eigenvalue weighted by atomic mass is 32.1. The van der Waals surface area contributed by atoms with Crippen LogP contribution in [0.3, 0.4) is 0 Å². The number of hydrogen-bond donors (Lipinski definition) is 1. The van der Waals surface area contributed by atoms with E-state index in [1.165, 1.54) is 16.9 Å². The summed E-state index contributed by atoms with van der Waals surface area (Å²) in [5.74, 6) is 0.264. The Kier molecular flexibility index (Phi) is 5.42. The van der Waals surface area contributed by atoms with Gasteiger partial charge in [0.15, 0.2) is 5.13 Å². The van der Waals surface area contributed by atoms with Gasteiger partial charge in [-0.15, -0.1) is 11.3 Å². The first kappa shape index (κ1) is 17.9. The van der Waals surface area contributed by atoms with E-state index in [1.807, 2.05) is 29.0 Å². The minimum absolute atomic E-state index is 0.0526. The van der Waals surface area contributed by atoms with Gasteiger partial charge in [0.05, 0.1) is 11.6 Å². The van der Waals surface area contributed by atoms with Crippen LogP contribution in [0, 0.1) is 5.92 Å². The van der Waals surface area contributed by atoms with Gasteiger partial charge in [-0.05, 0) is 33.1 Å². The van der Waals surface area contributed by atoms with E-state index < -0.39 is 0 Å². The molecule has 7 heteroatoms. The van der Waals surface area contributed by atoms with Gasteiger partial charge in [-0.2, -0.15) is 0 Å². The molecule has 25 heavy (non-hydrogen) atoms. The standard InChI is InChI=1S/C18H26N4O2S/c1-12(2)7-8-22-15-5-3-13(17(22)24)9-21(10-15)16(23)6-4-14-11-25-18(19)20-14/h7,11,13,15H,3-6,8-10H2,1-2H3,(H2,19,20)/t13-,15+/m0/s1. The number of anilines is 1. The molecule has 0 unspecified atom stereocenters. The van der Waals surface area contributed by atoms with E-state index in [0.717, 1.165) is 18.5 Å². The number of rotatable bonds is 5. The molecule has 0 spiro atoms. The zero-order valence-corrected chi connectivity index (χ0v) is 15.7. The molecule has 3 aliphatic rings. The lowest BCUT2D eigenvalue weighted by molar-refractivity contribution is -0.139. The molecule has 0 radical (unpaired) electrons. The Labute approximate surface area is 152 Å². The zero-order valence-electron chi connectivity index (χ0n) is 14.9. The molecule has 1 aromatic heterocycles. The number of allylic oxidation sites excluding steroid dienone is 1. The summed E-state index contributed by atoms with van der Waals surface area (Å²) >= 11 is 1.40. The fourth-order valence-electron chi connectivity index (χ4n) is 3.60. The van der Waals surface area contributed by atoms with Crippen LogP contribution in [0.4, 0.5) is 5.13 Å². The van der Waals surface area contributed by atoms with Gasteiger partial charge in [0.2, 0.25) is 11.8 Å². The number of hydrogen-bond acceptors (Lipinski definition) is 5. The molecule has 0 saturated carbocycles. The van der Waals surface area contributed by atoms with E-state index >= 15 is 0 Å². The third kappa shape index (κ3) is 4.21. The molecule has 0 aromatic carbocycles. The van der Waals surface area contributed by atoms with Crippen LogP contribution in [-0.4, -0.2) is 52.3 Å². The molecule has 2 N–H and O–H groups in total. The molecule has 1 aromatic rings. The molecule has 0 aliphatic carbocycles. The highest BCUT2D eigenvalue weighted by molar-refractivity contribution is 7.13. The summed E-state index contributed by atoms with van der Waals surface area (Å²) in [6, 6.07) is 0.140. The van der Waals surface area contributed by atoms with Crippen molar-refractivity contribution in [2.24, 2.45) is 5.92 Å². The van der Waals surface area contributed by atoms with Gasteiger partial charge in [0.1, 0.15) is 0 Å². The number of piperidine rings is 1. The lowest BCUT2D eigenvalue weighted by atomic mass is 9.94. The van der Waals surface area contributed by atoms with E-state index in [-0.39, 0.29) is 23.8 Å². The number of nitrogen functional groups attached to an aromatic ring is 1. The van der Waals surface area contributed by atoms with Crippen LogP contribution in [-0.2, 0) is 16.0 Å². The molecule has 4 heterocycles. The first-order valence-electron chi connectivity index (χ1n) is 8.85. The number of aryl methyl sites for hydroxylation is 1. The predicted octanol–water partition coefficient (Wildman–Crippen LogP) is 2.07. The first-order chi connectivity index (χ1) is 11.9. The number of carbonyl (C=O) groups excluding carboxylic acids is 2. The smallest absolute Gasteiger partial charge is 0.228 e. The summed E-state index contributed by atoms with van der Waals surface area (Å²) in [6.45, 7) is 5.95. The van der Waals surface area contributed by atoms with Gasteiger partial charge >= 0.3 is 0 Å². The van der Waals surface area contributed by atoms with Crippen molar-refractivity contribution < 1.29 is 9.59 Å². The van der Waals surface area contributed by atoms with Gasteiger partial charge in [-0.1, -0.05) is 11.6 Å². The number of aromatic nitrogens is 1. The van der Waals surface area contributed by atoms with Crippen molar-refractivity contribution in [2.45, 2.75) is 45.6 Å². The second kappa shape index (κ2) is 7.56. The Morgan fingerprint density at radius 2 is 2.20 bits per heavy atom. The minimum Gasteiger partial charge on any atom is -0.375 e. The van der Waals surface area contributed by atoms with E-state index in [9.17, 15) is 9.59 Å². The number of nitrogens with zero attached hydrogens (tertiary/aromatic N) is 3. The fourth-order valence-corrected chi connectivity index (χ4v) is 4.19. The second-order valence-corrected chi connectivity index (χ2v) is 8.07. The molecular weight excluding hydrogens is 336 g/mol. The maximum atomic E-state index is 12.7. The Morgan fingerprint density at radius 3 is 2.88 bits per heavy atom. The van der Waals surface area contributed by atoms with Crippen molar-refractivity contribution in [1.82, 2.24) is 14.8 Å². The Morgan fingerprint density at radius 1 is 1.40 bits per heavy atom. The SMILES string of the molecule is CC(C)=CCN1C(=O)[C@H]2CC[C@@H]1CN(C(=O)CCc1csc(N)n1)C2. The molecule has 3 fully saturated rings. The quantitative estimate of drug-likeness (QED) is 0.813. The summed E-state index contributed by atoms with van der Waals surface area (Å²) in [4.78, 5) is 33.4. The van der Waals surface area contributed by atoms with Crippen molar-refractivity contribution in [1.29, 1.82) is 0 Å². The van der Waals surface area contributed by atoms with Crippen molar-refractivity contribution in [2.75, 3.05) is 25.4 Å². The van der Waals surface area contributed by atoms with E-state index in [0.29, 0.717) is 37.6 Å². The Bertz CT molecular complexity index is 680. The summed E-state index contributed by atoms with van der Waals surface area (Å²) < 4.78 is 0. The molecule has 4 rings (SSSR count). The molecule has 6 nitrogen and oxygen atoms in total. The minimum atomic E-state index is -0.0526. The molecule has 136 valence electrons. The highest BCUT2D eigenvalue weighted by Gasteiger charge is 2.41. The van der Waals surface area contributed by atoms with Gasteiger partial charge in [0.25, 0.3) is 0 Å². The Balaban J connectivity index is 1.63. The average molecular weight is 362 g/mol. The summed E-state index contributed by atoms with van der Waals surface area (Å²) in [5, 5.41) is 2.44. The summed E-state index contributed by atoms with van der Waals surface area (Å²) in [5.41, 5.74) is 7.72. The normalized spacial score (nSPS) is 22.9. The van der Waals surface area contributed by atoms with Gasteiger partial charge in [-0.25, -0.2) is 4.98 Å². The van der Waals surface area contributed by atoms with Crippen LogP contribution in [0.1, 0.15) is 38.8 Å². The van der Waals surface area contributed by atoms with Crippen LogP contribution < -0.4 is 5.73 Å². The maximum absolute atomic E-state index is 12.7. The molecule has 2 atom stereocenters. The van der Waals surface area contributed by atoms with Crippen LogP contribution in [0.5, 0.6) is 0 Å². The van der Waals surface area contributed by atoms with Crippen LogP contribution >= 0.6 is 11.3 Å². The number of nitrogens with two attached hydrogens (primary N) is 1. The lowest BCUT2D eigenvalue weighted by Crippen LogP contribution is -2.48. The monoisotopic (exact) mass is 362 g/mol. The molecule has 3 aliphatic heterocycles. The molecular formula is C18H26N4O2S. The van der Waals surface area contributed by atoms with Crippen molar-refractivity contribution in [3.8, 4) is 0 Å².